The summed E-state index contributed by atoms with van der Waals surface area (Å²) in [5.41, 5.74) is 6.86. The van der Waals surface area contributed by atoms with Crippen molar-refractivity contribution in [1.29, 1.82) is 0 Å². The Kier molecular flexibility index (Phi) is 3.94. The molecule has 0 aliphatic heterocycles. The van der Waals surface area contributed by atoms with Crippen LogP contribution in [-0.2, 0) is 6.54 Å². The Morgan fingerprint density at radius 3 is 2.72 bits per heavy atom. The van der Waals surface area contributed by atoms with E-state index in [1.807, 2.05) is 24.3 Å². The second kappa shape index (κ2) is 5.64. The van der Waals surface area contributed by atoms with Crippen molar-refractivity contribution < 1.29 is 4.79 Å². The molecule has 3 N–H and O–H groups in total. The zero-order valence-corrected chi connectivity index (χ0v) is 11.1. The van der Waals surface area contributed by atoms with Crippen molar-refractivity contribution in [3.8, 4) is 0 Å². The molecular formula is C13H12BrN3O. The summed E-state index contributed by atoms with van der Waals surface area (Å²) in [5.74, 6) is 0.0987. The van der Waals surface area contributed by atoms with Crippen LogP contribution in [0.2, 0.25) is 0 Å². The minimum atomic E-state index is -0.238. The number of rotatable bonds is 3. The van der Waals surface area contributed by atoms with Gasteiger partial charge >= 0.3 is 0 Å². The van der Waals surface area contributed by atoms with Gasteiger partial charge in [-0.05, 0) is 23.8 Å². The third-order valence-electron chi connectivity index (χ3n) is 2.40. The number of nitrogen functional groups attached to an aromatic ring is 1. The molecule has 0 aliphatic rings. The molecule has 18 heavy (non-hydrogen) atoms. The van der Waals surface area contributed by atoms with Crippen molar-refractivity contribution in [3.05, 3.63) is 58.2 Å². The maximum atomic E-state index is 11.8. The zero-order valence-electron chi connectivity index (χ0n) is 9.56. The largest absolute Gasteiger partial charge is 0.384 e. The number of aromatic nitrogens is 1. The summed E-state index contributed by atoms with van der Waals surface area (Å²) in [7, 11) is 0. The van der Waals surface area contributed by atoms with Gasteiger partial charge in [-0.15, -0.1) is 0 Å². The van der Waals surface area contributed by atoms with Crippen LogP contribution in [0.15, 0.2) is 46.9 Å². The summed E-state index contributed by atoms with van der Waals surface area (Å²) in [6.45, 7) is 0.441. The molecule has 0 spiro atoms. The maximum absolute atomic E-state index is 11.8. The molecule has 0 bridgehead atoms. The third kappa shape index (κ3) is 3.07. The van der Waals surface area contributed by atoms with Crippen LogP contribution in [0.1, 0.15) is 16.1 Å². The number of amides is 1. The van der Waals surface area contributed by atoms with Crippen LogP contribution in [0.5, 0.6) is 0 Å². The number of anilines is 1. The quantitative estimate of drug-likeness (QED) is 0.914. The van der Waals surface area contributed by atoms with Crippen LogP contribution in [0.4, 0.5) is 5.82 Å². The van der Waals surface area contributed by atoms with Crippen LogP contribution >= 0.6 is 15.9 Å². The van der Waals surface area contributed by atoms with E-state index in [1.165, 1.54) is 0 Å². The average molecular weight is 306 g/mol. The molecule has 92 valence electrons. The lowest BCUT2D eigenvalue weighted by atomic mass is 10.2. The predicted molar refractivity (Wildman–Crippen MR) is 74.0 cm³/mol. The molecule has 4 nitrogen and oxygen atoms in total. The number of benzene rings is 1. The normalized spacial score (nSPS) is 10.1. The Morgan fingerprint density at radius 2 is 2.00 bits per heavy atom. The number of hydrogen-bond donors (Lipinski definition) is 2. The molecule has 0 unspecified atom stereocenters. The SMILES string of the molecule is Nc1cccc(C(=O)NCc2ccccc2Br)n1. The first-order chi connectivity index (χ1) is 8.66. The van der Waals surface area contributed by atoms with E-state index in [4.69, 9.17) is 5.73 Å². The van der Waals surface area contributed by atoms with Crippen LogP contribution in [0.25, 0.3) is 0 Å². The molecule has 0 saturated carbocycles. The highest BCUT2D eigenvalue weighted by molar-refractivity contribution is 9.10. The van der Waals surface area contributed by atoms with E-state index in [0.29, 0.717) is 18.1 Å². The molecule has 0 fully saturated rings. The number of carbonyl (C=O) groups is 1. The molecule has 0 atom stereocenters. The van der Waals surface area contributed by atoms with Gasteiger partial charge in [-0.2, -0.15) is 0 Å². The van der Waals surface area contributed by atoms with Gasteiger partial charge in [0.15, 0.2) is 0 Å². The van der Waals surface area contributed by atoms with Gasteiger partial charge in [0.05, 0.1) is 0 Å². The number of nitrogens with one attached hydrogen (secondary N) is 1. The molecule has 0 aliphatic carbocycles. The van der Waals surface area contributed by atoms with E-state index in [-0.39, 0.29) is 5.91 Å². The van der Waals surface area contributed by atoms with Gasteiger partial charge in [-0.3, -0.25) is 4.79 Å². The van der Waals surface area contributed by atoms with E-state index in [1.54, 1.807) is 18.2 Å². The Bertz CT molecular complexity index is 572. The van der Waals surface area contributed by atoms with Gasteiger partial charge < -0.3 is 11.1 Å². The van der Waals surface area contributed by atoms with E-state index in [0.717, 1.165) is 10.0 Å². The first-order valence-corrected chi connectivity index (χ1v) is 6.20. The lowest BCUT2D eigenvalue weighted by molar-refractivity contribution is 0.0946. The Hall–Kier alpha value is -1.88. The Labute approximate surface area is 113 Å². The van der Waals surface area contributed by atoms with Gasteiger partial charge in [0.2, 0.25) is 0 Å². The number of carbonyl (C=O) groups excluding carboxylic acids is 1. The highest BCUT2D eigenvalue weighted by Gasteiger charge is 2.07. The third-order valence-corrected chi connectivity index (χ3v) is 3.17. The second-order valence-electron chi connectivity index (χ2n) is 3.72. The van der Waals surface area contributed by atoms with Gasteiger partial charge in [-0.1, -0.05) is 40.2 Å². The van der Waals surface area contributed by atoms with Crippen molar-refractivity contribution in [2.45, 2.75) is 6.54 Å². The average Bonchev–Trinajstić information content (AvgIpc) is 2.37. The monoisotopic (exact) mass is 305 g/mol. The van der Waals surface area contributed by atoms with Crippen LogP contribution in [-0.4, -0.2) is 10.9 Å². The van der Waals surface area contributed by atoms with Gasteiger partial charge in [-0.25, -0.2) is 4.98 Å². The first kappa shape index (κ1) is 12.6. The Morgan fingerprint density at radius 1 is 1.22 bits per heavy atom. The van der Waals surface area contributed by atoms with Crippen molar-refractivity contribution in [2.24, 2.45) is 0 Å². The van der Waals surface area contributed by atoms with E-state index in [2.05, 4.69) is 26.2 Å². The molecular weight excluding hydrogens is 294 g/mol. The number of halogens is 1. The van der Waals surface area contributed by atoms with Gasteiger partial charge in [0.25, 0.3) is 5.91 Å². The van der Waals surface area contributed by atoms with Crippen LogP contribution in [0, 0.1) is 0 Å². The molecule has 0 radical (unpaired) electrons. The van der Waals surface area contributed by atoms with Gasteiger partial charge in [0.1, 0.15) is 11.5 Å². The lowest BCUT2D eigenvalue weighted by Gasteiger charge is -2.06. The highest BCUT2D eigenvalue weighted by Crippen LogP contribution is 2.15. The maximum Gasteiger partial charge on any atom is 0.270 e. The fraction of sp³-hybridized carbons (Fsp3) is 0.0769. The van der Waals surface area contributed by atoms with Crippen molar-refractivity contribution in [2.75, 3.05) is 5.73 Å². The molecule has 2 aromatic rings. The minimum Gasteiger partial charge on any atom is -0.384 e. The van der Waals surface area contributed by atoms with Crippen molar-refractivity contribution in [3.63, 3.8) is 0 Å². The summed E-state index contributed by atoms with van der Waals surface area (Å²) in [6.07, 6.45) is 0. The minimum absolute atomic E-state index is 0.238. The molecule has 1 amide bonds. The topological polar surface area (TPSA) is 68.0 Å². The smallest absolute Gasteiger partial charge is 0.270 e. The Balaban J connectivity index is 2.03. The van der Waals surface area contributed by atoms with Gasteiger partial charge in [0, 0.05) is 11.0 Å². The molecule has 5 heteroatoms. The highest BCUT2D eigenvalue weighted by atomic mass is 79.9. The number of nitrogens with zero attached hydrogens (tertiary/aromatic N) is 1. The van der Waals surface area contributed by atoms with E-state index in [9.17, 15) is 4.79 Å². The van der Waals surface area contributed by atoms with Crippen LogP contribution < -0.4 is 11.1 Å². The summed E-state index contributed by atoms with van der Waals surface area (Å²) < 4.78 is 0.964. The zero-order chi connectivity index (χ0) is 13.0. The summed E-state index contributed by atoms with van der Waals surface area (Å²) in [5, 5.41) is 2.80. The van der Waals surface area contributed by atoms with E-state index >= 15 is 0 Å². The fourth-order valence-electron chi connectivity index (χ4n) is 1.49. The first-order valence-electron chi connectivity index (χ1n) is 5.41. The summed E-state index contributed by atoms with van der Waals surface area (Å²) in [4.78, 5) is 15.8. The lowest BCUT2D eigenvalue weighted by Crippen LogP contribution is -2.24. The van der Waals surface area contributed by atoms with E-state index < -0.39 is 0 Å². The molecule has 2 rings (SSSR count). The molecule has 1 aromatic carbocycles. The predicted octanol–water partition coefficient (Wildman–Crippen LogP) is 2.36. The fourth-order valence-corrected chi connectivity index (χ4v) is 1.91. The van der Waals surface area contributed by atoms with Crippen LogP contribution in [0.3, 0.4) is 0 Å². The molecule has 1 heterocycles. The summed E-state index contributed by atoms with van der Waals surface area (Å²) in [6, 6.07) is 12.7. The molecule has 0 saturated heterocycles. The van der Waals surface area contributed by atoms with Crippen molar-refractivity contribution in [1.82, 2.24) is 10.3 Å². The summed E-state index contributed by atoms with van der Waals surface area (Å²) >= 11 is 3.43. The number of nitrogens with two attached hydrogens (primary N) is 1. The second-order valence-corrected chi connectivity index (χ2v) is 4.58. The van der Waals surface area contributed by atoms with Crippen molar-refractivity contribution >= 4 is 27.7 Å². The molecule has 1 aromatic heterocycles. The number of hydrogen-bond acceptors (Lipinski definition) is 3. The number of pyridine rings is 1. The standard InChI is InChI=1S/C13H12BrN3O/c14-10-5-2-1-4-9(10)8-16-13(18)11-6-3-7-12(15)17-11/h1-7H,8H2,(H2,15,17)(H,16,18).